The standard InChI is InChI=1S/C15H22N2O4/c1-5-7-17(10-14(19)21-6-2)15(20)13-8-12(11(3)18)9-16(13)4/h8-9H,5-7,10H2,1-4H3. The van der Waals surface area contributed by atoms with Gasteiger partial charge in [0.2, 0.25) is 0 Å². The second-order valence-electron chi connectivity index (χ2n) is 4.81. The van der Waals surface area contributed by atoms with Crippen LogP contribution < -0.4 is 0 Å². The summed E-state index contributed by atoms with van der Waals surface area (Å²) < 4.78 is 6.49. The molecule has 6 heteroatoms. The van der Waals surface area contributed by atoms with Gasteiger partial charge < -0.3 is 14.2 Å². The maximum Gasteiger partial charge on any atom is 0.325 e. The number of rotatable bonds is 7. The zero-order valence-electron chi connectivity index (χ0n) is 13.0. The number of ether oxygens (including phenoxy) is 1. The molecule has 0 aromatic carbocycles. The van der Waals surface area contributed by atoms with E-state index in [1.165, 1.54) is 11.8 Å². The summed E-state index contributed by atoms with van der Waals surface area (Å²) in [4.78, 5) is 36.9. The van der Waals surface area contributed by atoms with Gasteiger partial charge in [0.1, 0.15) is 12.2 Å². The van der Waals surface area contributed by atoms with Gasteiger partial charge in [0, 0.05) is 25.4 Å². The van der Waals surface area contributed by atoms with Crippen LogP contribution in [0.3, 0.4) is 0 Å². The van der Waals surface area contributed by atoms with Crippen LogP contribution in [0.25, 0.3) is 0 Å². The molecular weight excluding hydrogens is 272 g/mol. The molecule has 0 atom stereocenters. The predicted octanol–water partition coefficient (Wildman–Crippen LogP) is 1.64. The van der Waals surface area contributed by atoms with Crippen molar-refractivity contribution in [3.05, 3.63) is 23.5 Å². The van der Waals surface area contributed by atoms with Gasteiger partial charge in [0.25, 0.3) is 5.91 Å². The minimum atomic E-state index is -0.430. The first-order valence-corrected chi connectivity index (χ1v) is 7.02. The Morgan fingerprint density at radius 1 is 1.29 bits per heavy atom. The fourth-order valence-corrected chi connectivity index (χ4v) is 2.02. The van der Waals surface area contributed by atoms with Crippen LogP contribution in [0.4, 0.5) is 0 Å². The molecule has 0 spiro atoms. The van der Waals surface area contributed by atoms with Crippen molar-refractivity contribution in [2.75, 3.05) is 19.7 Å². The average Bonchev–Trinajstić information content (AvgIpc) is 2.80. The molecule has 6 nitrogen and oxygen atoms in total. The quantitative estimate of drug-likeness (QED) is 0.566. The number of carbonyl (C=O) groups is 3. The maximum absolute atomic E-state index is 12.5. The fraction of sp³-hybridized carbons (Fsp3) is 0.533. The number of hydrogen-bond acceptors (Lipinski definition) is 4. The number of carbonyl (C=O) groups excluding carboxylic acids is 3. The molecule has 1 heterocycles. The number of nitrogens with zero attached hydrogens (tertiary/aromatic N) is 2. The lowest BCUT2D eigenvalue weighted by molar-refractivity contribution is -0.143. The Balaban J connectivity index is 2.94. The van der Waals surface area contributed by atoms with Gasteiger partial charge in [-0.25, -0.2) is 0 Å². The van der Waals surface area contributed by atoms with Crippen molar-refractivity contribution in [2.24, 2.45) is 7.05 Å². The third kappa shape index (κ3) is 4.44. The molecule has 1 aromatic rings. The van der Waals surface area contributed by atoms with Crippen molar-refractivity contribution in [1.82, 2.24) is 9.47 Å². The summed E-state index contributed by atoms with van der Waals surface area (Å²) in [5, 5.41) is 0. The van der Waals surface area contributed by atoms with Crippen molar-refractivity contribution in [1.29, 1.82) is 0 Å². The Morgan fingerprint density at radius 2 is 1.95 bits per heavy atom. The molecule has 1 rings (SSSR count). The van der Waals surface area contributed by atoms with Gasteiger partial charge in [-0.1, -0.05) is 6.92 Å². The normalized spacial score (nSPS) is 10.3. The van der Waals surface area contributed by atoms with E-state index in [1.54, 1.807) is 30.8 Å². The highest BCUT2D eigenvalue weighted by atomic mass is 16.5. The Morgan fingerprint density at radius 3 is 2.43 bits per heavy atom. The third-order valence-corrected chi connectivity index (χ3v) is 3.04. The van der Waals surface area contributed by atoms with E-state index >= 15 is 0 Å². The first-order chi connectivity index (χ1) is 9.90. The molecule has 0 aliphatic heterocycles. The van der Waals surface area contributed by atoms with E-state index in [2.05, 4.69) is 0 Å². The summed E-state index contributed by atoms with van der Waals surface area (Å²) in [5.74, 6) is -0.808. The minimum absolute atomic E-state index is 0.0822. The van der Waals surface area contributed by atoms with Crippen LogP contribution in [-0.4, -0.2) is 46.8 Å². The second kappa shape index (κ2) is 7.61. The van der Waals surface area contributed by atoms with Gasteiger partial charge in [0.05, 0.1) is 6.61 Å². The molecule has 0 unspecified atom stereocenters. The van der Waals surface area contributed by atoms with Crippen LogP contribution in [0.5, 0.6) is 0 Å². The number of Topliss-reactive ketones (excluding diaryl/α,β-unsaturated/α-hetero) is 1. The van der Waals surface area contributed by atoms with Crippen molar-refractivity contribution < 1.29 is 19.1 Å². The van der Waals surface area contributed by atoms with Crippen LogP contribution in [-0.2, 0) is 16.6 Å². The van der Waals surface area contributed by atoms with Gasteiger partial charge in [-0.15, -0.1) is 0 Å². The number of esters is 1. The summed E-state index contributed by atoms with van der Waals surface area (Å²) >= 11 is 0. The molecule has 1 aromatic heterocycles. The molecule has 0 saturated heterocycles. The highest BCUT2D eigenvalue weighted by Crippen LogP contribution is 2.11. The number of hydrogen-bond donors (Lipinski definition) is 0. The van der Waals surface area contributed by atoms with Crippen molar-refractivity contribution >= 4 is 17.7 Å². The third-order valence-electron chi connectivity index (χ3n) is 3.04. The summed E-state index contributed by atoms with van der Waals surface area (Å²) in [6.45, 7) is 5.76. The molecule has 0 saturated carbocycles. The van der Waals surface area contributed by atoms with E-state index < -0.39 is 5.97 Å². The van der Waals surface area contributed by atoms with Crippen LogP contribution in [0.15, 0.2) is 12.3 Å². The van der Waals surface area contributed by atoms with E-state index in [4.69, 9.17) is 4.74 Å². The van der Waals surface area contributed by atoms with Gasteiger partial charge >= 0.3 is 5.97 Å². The zero-order valence-corrected chi connectivity index (χ0v) is 13.0. The monoisotopic (exact) mass is 294 g/mol. The topological polar surface area (TPSA) is 68.6 Å². The fourth-order valence-electron chi connectivity index (χ4n) is 2.02. The smallest absolute Gasteiger partial charge is 0.325 e. The van der Waals surface area contributed by atoms with Crippen LogP contribution in [0, 0.1) is 0 Å². The molecule has 0 bridgehead atoms. The van der Waals surface area contributed by atoms with E-state index in [-0.39, 0.29) is 24.8 Å². The first kappa shape index (κ1) is 16.9. The Hall–Kier alpha value is -2.11. The lowest BCUT2D eigenvalue weighted by atomic mass is 10.2. The predicted molar refractivity (Wildman–Crippen MR) is 78.2 cm³/mol. The van der Waals surface area contributed by atoms with Crippen molar-refractivity contribution in [3.8, 4) is 0 Å². The molecule has 116 valence electrons. The molecular formula is C15H22N2O4. The summed E-state index contributed by atoms with van der Waals surface area (Å²) in [6.07, 6.45) is 2.35. The van der Waals surface area contributed by atoms with Crippen LogP contribution >= 0.6 is 0 Å². The molecule has 21 heavy (non-hydrogen) atoms. The number of amides is 1. The van der Waals surface area contributed by atoms with Crippen molar-refractivity contribution in [2.45, 2.75) is 27.2 Å². The summed E-state index contributed by atoms with van der Waals surface area (Å²) in [7, 11) is 1.70. The minimum Gasteiger partial charge on any atom is -0.465 e. The molecule has 0 fully saturated rings. The highest BCUT2D eigenvalue weighted by Gasteiger charge is 2.22. The van der Waals surface area contributed by atoms with E-state index in [0.717, 1.165) is 6.42 Å². The summed E-state index contributed by atoms with van der Waals surface area (Å²) in [5.41, 5.74) is 0.867. The average molecular weight is 294 g/mol. The highest BCUT2D eigenvalue weighted by molar-refractivity contribution is 6.00. The van der Waals surface area contributed by atoms with Crippen LogP contribution in [0.1, 0.15) is 48.0 Å². The molecule has 0 radical (unpaired) electrons. The largest absolute Gasteiger partial charge is 0.465 e. The molecule has 0 aliphatic carbocycles. The lowest BCUT2D eigenvalue weighted by Gasteiger charge is -2.21. The van der Waals surface area contributed by atoms with Gasteiger partial charge in [-0.05, 0) is 26.3 Å². The maximum atomic E-state index is 12.5. The molecule has 0 aliphatic rings. The van der Waals surface area contributed by atoms with E-state index in [1.807, 2.05) is 6.92 Å². The van der Waals surface area contributed by atoms with Crippen LogP contribution in [0.2, 0.25) is 0 Å². The Bertz CT molecular complexity index is 534. The summed E-state index contributed by atoms with van der Waals surface area (Å²) in [6, 6.07) is 1.55. The number of ketones is 1. The molecule has 1 amide bonds. The van der Waals surface area contributed by atoms with Crippen molar-refractivity contribution in [3.63, 3.8) is 0 Å². The van der Waals surface area contributed by atoms with E-state index in [0.29, 0.717) is 17.8 Å². The Kier molecular flexibility index (Phi) is 6.14. The lowest BCUT2D eigenvalue weighted by Crippen LogP contribution is -2.37. The Labute approximate surface area is 124 Å². The van der Waals surface area contributed by atoms with Gasteiger partial charge in [-0.2, -0.15) is 0 Å². The van der Waals surface area contributed by atoms with Gasteiger partial charge in [0.15, 0.2) is 5.78 Å². The number of aromatic nitrogens is 1. The van der Waals surface area contributed by atoms with E-state index in [9.17, 15) is 14.4 Å². The second-order valence-corrected chi connectivity index (χ2v) is 4.81. The number of aryl methyl sites for hydroxylation is 1. The van der Waals surface area contributed by atoms with Gasteiger partial charge in [-0.3, -0.25) is 14.4 Å². The SMILES string of the molecule is CCCN(CC(=O)OCC)C(=O)c1cc(C(C)=O)cn1C. The molecule has 0 N–H and O–H groups in total. The zero-order chi connectivity index (χ0) is 16.0. The first-order valence-electron chi connectivity index (χ1n) is 7.02.